The van der Waals surface area contributed by atoms with E-state index in [-0.39, 0.29) is 5.91 Å². The number of thiophene rings is 1. The van der Waals surface area contributed by atoms with Crippen LogP contribution in [0.15, 0.2) is 12.1 Å². The molecule has 17 heavy (non-hydrogen) atoms. The molecule has 1 aromatic heterocycles. The first-order chi connectivity index (χ1) is 8.20. The van der Waals surface area contributed by atoms with Crippen molar-refractivity contribution in [2.45, 2.75) is 0 Å². The van der Waals surface area contributed by atoms with Gasteiger partial charge in [0.2, 0.25) is 0 Å². The molecule has 2 N–H and O–H groups in total. The molecular weight excluding hydrogens is 258 g/mol. The van der Waals surface area contributed by atoms with Gasteiger partial charge >= 0.3 is 0 Å². The monoisotopic (exact) mass is 273 g/mol. The minimum atomic E-state index is 0.0919. The van der Waals surface area contributed by atoms with Crippen molar-refractivity contribution in [2.75, 3.05) is 39.3 Å². The van der Waals surface area contributed by atoms with Crippen molar-refractivity contribution in [3.8, 4) is 0 Å². The minimum Gasteiger partial charge on any atom is -0.335 e. The number of hydrogen-bond acceptors (Lipinski definition) is 4. The van der Waals surface area contributed by atoms with Crippen molar-refractivity contribution in [3.63, 3.8) is 0 Å². The van der Waals surface area contributed by atoms with Crippen LogP contribution in [-0.2, 0) is 0 Å². The first kappa shape index (κ1) is 12.8. The van der Waals surface area contributed by atoms with Crippen LogP contribution in [0.4, 0.5) is 0 Å². The lowest BCUT2D eigenvalue weighted by Gasteiger charge is -2.34. The Morgan fingerprint density at radius 2 is 2.06 bits per heavy atom. The summed E-state index contributed by atoms with van der Waals surface area (Å²) in [6, 6.07) is 3.56. The van der Waals surface area contributed by atoms with Crippen molar-refractivity contribution in [2.24, 2.45) is 5.73 Å². The Morgan fingerprint density at radius 3 is 2.59 bits per heavy atom. The predicted molar refractivity (Wildman–Crippen MR) is 70.7 cm³/mol. The van der Waals surface area contributed by atoms with Gasteiger partial charge < -0.3 is 10.6 Å². The Hall–Kier alpha value is -0.620. The fraction of sp³-hybridized carbons (Fsp3) is 0.545. The highest BCUT2D eigenvalue weighted by Gasteiger charge is 2.22. The van der Waals surface area contributed by atoms with Crippen LogP contribution in [0.1, 0.15) is 9.67 Å². The minimum absolute atomic E-state index is 0.0919. The first-order valence-electron chi connectivity index (χ1n) is 5.68. The van der Waals surface area contributed by atoms with E-state index in [2.05, 4.69) is 4.90 Å². The van der Waals surface area contributed by atoms with E-state index in [4.69, 9.17) is 17.3 Å². The average molecular weight is 274 g/mol. The second-order valence-corrected chi connectivity index (χ2v) is 5.74. The topological polar surface area (TPSA) is 49.6 Å². The predicted octanol–water partition coefficient (Wildman–Crippen LogP) is 1.12. The molecule has 0 atom stereocenters. The van der Waals surface area contributed by atoms with Crippen molar-refractivity contribution >= 4 is 28.8 Å². The summed E-state index contributed by atoms with van der Waals surface area (Å²) in [5, 5.41) is 0. The van der Waals surface area contributed by atoms with E-state index >= 15 is 0 Å². The molecule has 2 heterocycles. The summed E-state index contributed by atoms with van der Waals surface area (Å²) in [5.41, 5.74) is 5.51. The molecule has 1 aliphatic rings. The standard InChI is InChI=1S/C11H16ClN3OS/c12-10-2-1-9(17-10)11(16)15-7-5-14(4-3-13)6-8-15/h1-2H,3-8,13H2. The molecule has 0 aromatic carbocycles. The van der Waals surface area contributed by atoms with Crippen molar-refractivity contribution in [1.82, 2.24) is 9.80 Å². The molecule has 1 aliphatic heterocycles. The lowest BCUT2D eigenvalue weighted by molar-refractivity contribution is 0.0646. The van der Waals surface area contributed by atoms with Crippen LogP contribution in [-0.4, -0.2) is 55.0 Å². The van der Waals surface area contributed by atoms with E-state index in [0.29, 0.717) is 10.9 Å². The van der Waals surface area contributed by atoms with Crippen LogP contribution < -0.4 is 5.73 Å². The largest absolute Gasteiger partial charge is 0.335 e. The quantitative estimate of drug-likeness (QED) is 0.898. The fourth-order valence-electron chi connectivity index (χ4n) is 1.94. The fourth-order valence-corrected chi connectivity index (χ4v) is 2.95. The van der Waals surface area contributed by atoms with Gasteiger partial charge in [0, 0.05) is 39.3 Å². The molecule has 1 amide bonds. The van der Waals surface area contributed by atoms with Crippen LogP contribution >= 0.6 is 22.9 Å². The summed E-state index contributed by atoms with van der Waals surface area (Å²) in [6.45, 7) is 4.94. The van der Waals surface area contributed by atoms with Gasteiger partial charge in [0.1, 0.15) is 0 Å². The third-order valence-electron chi connectivity index (χ3n) is 2.89. The zero-order valence-electron chi connectivity index (χ0n) is 9.56. The molecule has 0 radical (unpaired) electrons. The SMILES string of the molecule is NCCN1CCN(C(=O)c2ccc(Cl)s2)CC1. The number of rotatable bonds is 3. The number of carbonyl (C=O) groups excluding carboxylic acids is 1. The zero-order chi connectivity index (χ0) is 12.3. The smallest absolute Gasteiger partial charge is 0.264 e. The summed E-state index contributed by atoms with van der Waals surface area (Å²) in [7, 11) is 0. The van der Waals surface area contributed by atoms with Gasteiger partial charge in [0.25, 0.3) is 5.91 Å². The van der Waals surface area contributed by atoms with E-state index in [9.17, 15) is 4.79 Å². The van der Waals surface area contributed by atoms with Crippen LogP contribution in [0.25, 0.3) is 0 Å². The first-order valence-corrected chi connectivity index (χ1v) is 6.87. The molecule has 1 aromatic rings. The Labute approximate surface area is 110 Å². The molecule has 0 unspecified atom stereocenters. The molecule has 4 nitrogen and oxygen atoms in total. The molecular formula is C11H16ClN3OS. The van der Waals surface area contributed by atoms with Crippen LogP contribution in [0.2, 0.25) is 4.34 Å². The van der Waals surface area contributed by atoms with E-state index in [0.717, 1.165) is 37.6 Å². The molecule has 0 spiro atoms. The number of hydrogen-bond donors (Lipinski definition) is 1. The molecule has 2 rings (SSSR count). The van der Waals surface area contributed by atoms with Crippen molar-refractivity contribution in [3.05, 3.63) is 21.3 Å². The Bertz CT molecular complexity index is 388. The second-order valence-electron chi connectivity index (χ2n) is 4.03. The van der Waals surface area contributed by atoms with E-state index < -0.39 is 0 Å². The maximum atomic E-state index is 12.1. The Balaban J connectivity index is 1.90. The van der Waals surface area contributed by atoms with Crippen LogP contribution in [0.5, 0.6) is 0 Å². The zero-order valence-corrected chi connectivity index (χ0v) is 11.1. The summed E-state index contributed by atoms with van der Waals surface area (Å²) < 4.78 is 0.662. The van der Waals surface area contributed by atoms with Gasteiger partial charge in [-0.3, -0.25) is 9.69 Å². The average Bonchev–Trinajstić information content (AvgIpc) is 2.76. The highest BCUT2D eigenvalue weighted by molar-refractivity contribution is 7.17. The number of amides is 1. The third-order valence-corrected chi connectivity index (χ3v) is 4.11. The molecule has 1 fully saturated rings. The van der Waals surface area contributed by atoms with Crippen molar-refractivity contribution < 1.29 is 4.79 Å². The lowest BCUT2D eigenvalue weighted by Crippen LogP contribution is -2.49. The third kappa shape index (κ3) is 3.19. The number of nitrogens with zero attached hydrogens (tertiary/aromatic N) is 2. The Morgan fingerprint density at radius 1 is 1.35 bits per heavy atom. The molecule has 0 bridgehead atoms. The molecule has 0 saturated carbocycles. The maximum Gasteiger partial charge on any atom is 0.264 e. The highest BCUT2D eigenvalue weighted by Crippen LogP contribution is 2.23. The summed E-state index contributed by atoms with van der Waals surface area (Å²) >= 11 is 7.17. The summed E-state index contributed by atoms with van der Waals surface area (Å²) in [4.78, 5) is 17.0. The second kappa shape index (κ2) is 5.82. The maximum absolute atomic E-state index is 12.1. The van der Waals surface area contributed by atoms with E-state index in [1.54, 1.807) is 12.1 Å². The van der Waals surface area contributed by atoms with Gasteiger partial charge in [0.15, 0.2) is 0 Å². The van der Waals surface area contributed by atoms with Gasteiger partial charge in [-0.05, 0) is 12.1 Å². The molecule has 0 aliphatic carbocycles. The number of nitrogens with two attached hydrogens (primary N) is 1. The van der Waals surface area contributed by atoms with Gasteiger partial charge in [-0.15, -0.1) is 11.3 Å². The van der Waals surface area contributed by atoms with Gasteiger partial charge in [-0.1, -0.05) is 11.6 Å². The summed E-state index contributed by atoms with van der Waals surface area (Å²) in [5.74, 6) is 0.0919. The van der Waals surface area contributed by atoms with Gasteiger partial charge in [0.05, 0.1) is 9.21 Å². The van der Waals surface area contributed by atoms with Crippen LogP contribution in [0.3, 0.4) is 0 Å². The normalized spacial score (nSPS) is 17.4. The number of piperazine rings is 1. The molecule has 6 heteroatoms. The number of carbonyl (C=O) groups is 1. The molecule has 1 saturated heterocycles. The van der Waals surface area contributed by atoms with Crippen LogP contribution in [0, 0.1) is 0 Å². The lowest BCUT2D eigenvalue weighted by atomic mass is 10.3. The Kier molecular flexibility index (Phi) is 4.39. The van der Waals surface area contributed by atoms with Gasteiger partial charge in [-0.2, -0.15) is 0 Å². The highest BCUT2D eigenvalue weighted by atomic mass is 35.5. The molecule has 94 valence electrons. The number of halogens is 1. The van der Waals surface area contributed by atoms with E-state index in [1.807, 2.05) is 4.90 Å². The van der Waals surface area contributed by atoms with Crippen molar-refractivity contribution in [1.29, 1.82) is 0 Å². The van der Waals surface area contributed by atoms with E-state index in [1.165, 1.54) is 11.3 Å². The van der Waals surface area contributed by atoms with Gasteiger partial charge in [-0.25, -0.2) is 0 Å². The summed E-state index contributed by atoms with van der Waals surface area (Å²) in [6.07, 6.45) is 0.